The van der Waals surface area contributed by atoms with Crippen LogP contribution in [0.25, 0.3) is 89.3 Å². The maximum Gasteiger partial charge on any atom is 0.227 e. The van der Waals surface area contributed by atoms with Gasteiger partial charge in [0.25, 0.3) is 0 Å². The highest BCUT2D eigenvalue weighted by Crippen LogP contribution is 2.36. The highest BCUT2D eigenvalue weighted by Gasteiger charge is 2.13. The van der Waals surface area contributed by atoms with Gasteiger partial charge in [0.1, 0.15) is 22.2 Å². The third-order valence-electron chi connectivity index (χ3n) is 7.99. The zero-order valence-corrected chi connectivity index (χ0v) is 22.8. The van der Waals surface area contributed by atoms with Gasteiger partial charge in [-0.3, -0.25) is 0 Å². The Morgan fingerprint density at radius 2 is 0.721 bits per heavy atom. The van der Waals surface area contributed by atoms with Gasteiger partial charge in [0, 0.05) is 21.9 Å². The summed E-state index contributed by atoms with van der Waals surface area (Å²) in [5.74, 6) is 1.25. The third kappa shape index (κ3) is 4.02. The van der Waals surface area contributed by atoms with E-state index in [2.05, 4.69) is 82.8 Å². The number of rotatable bonds is 4. The number of aromatic nitrogens is 2. The molecule has 0 saturated carbocycles. The van der Waals surface area contributed by atoms with E-state index in [1.165, 1.54) is 0 Å². The Morgan fingerprint density at radius 3 is 1.16 bits per heavy atom. The molecule has 3 aromatic heterocycles. The summed E-state index contributed by atoms with van der Waals surface area (Å²) in [7, 11) is 0. The minimum atomic E-state index is 0.624. The molecule has 9 rings (SSSR count). The van der Waals surface area contributed by atoms with E-state index >= 15 is 0 Å². The van der Waals surface area contributed by atoms with E-state index < -0.39 is 0 Å². The molecule has 0 saturated heterocycles. The molecular formula is C38H22N2O3. The van der Waals surface area contributed by atoms with Crippen LogP contribution in [-0.2, 0) is 0 Å². The molecule has 0 bridgehead atoms. The van der Waals surface area contributed by atoms with Crippen LogP contribution in [0.4, 0.5) is 0 Å². The Bertz CT molecular complexity index is 2210. The van der Waals surface area contributed by atoms with Gasteiger partial charge in [-0.1, -0.05) is 60.7 Å². The fourth-order valence-electron chi connectivity index (χ4n) is 5.74. The molecule has 0 fully saturated rings. The first-order valence-electron chi connectivity index (χ1n) is 14.1. The lowest BCUT2D eigenvalue weighted by Crippen LogP contribution is -1.81. The molecule has 0 aliphatic heterocycles. The lowest BCUT2D eigenvalue weighted by molar-refractivity contribution is 0.619. The van der Waals surface area contributed by atoms with Crippen molar-refractivity contribution < 1.29 is 13.3 Å². The normalized spacial score (nSPS) is 11.7. The fraction of sp³-hybridized carbons (Fsp3) is 0. The highest BCUT2D eigenvalue weighted by molar-refractivity contribution is 6.07. The molecule has 5 nitrogen and oxygen atoms in total. The molecule has 9 aromatic rings. The predicted octanol–water partition coefficient (Wildman–Crippen LogP) is 10.5. The Morgan fingerprint density at radius 1 is 0.326 bits per heavy atom. The van der Waals surface area contributed by atoms with Crippen LogP contribution < -0.4 is 0 Å². The first kappa shape index (κ1) is 23.7. The average Bonchev–Trinajstić information content (AvgIpc) is 3.79. The summed E-state index contributed by atoms with van der Waals surface area (Å²) in [5.41, 5.74) is 11.4. The van der Waals surface area contributed by atoms with Gasteiger partial charge in [-0.25, -0.2) is 9.97 Å². The Hall–Kier alpha value is -5.94. The second-order valence-corrected chi connectivity index (χ2v) is 10.7. The van der Waals surface area contributed by atoms with Crippen molar-refractivity contribution in [2.24, 2.45) is 0 Å². The van der Waals surface area contributed by atoms with Gasteiger partial charge in [-0.15, -0.1) is 0 Å². The third-order valence-corrected chi connectivity index (χ3v) is 7.99. The number of benzene rings is 6. The zero-order valence-electron chi connectivity index (χ0n) is 22.8. The van der Waals surface area contributed by atoms with Crippen LogP contribution in [0.15, 0.2) is 147 Å². The standard InChI is InChI=1S/C38H22N2O3/c1-3-7-35-31(5-1)39-37(42-35)25-13-9-23(10-14-25)27-17-19-33-29(21-27)30-22-28(18-20-34(30)41-33)24-11-15-26(16-12-24)38-40-32-6-2-4-8-36(32)43-38/h1-22H. The molecular weight excluding hydrogens is 532 g/mol. The fourth-order valence-corrected chi connectivity index (χ4v) is 5.74. The quantitative estimate of drug-likeness (QED) is 0.216. The van der Waals surface area contributed by atoms with Gasteiger partial charge >= 0.3 is 0 Å². The van der Waals surface area contributed by atoms with Crippen molar-refractivity contribution in [1.82, 2.24) is 9.97 Å². The van der Waals surface area contributed by atoms with Crippen molar-refractivity contribution in [2.45, 2.75) is 0 Å². The first-order chi connectivity index (χ1) is 21.2. The maximum atomic E-state index is 6.20. The van der Waals surface area contributed by atoms with Crippen LogP contribution in [0.5, 0.6) is 0 Å². The average molecular weight is 555 g/mol. The van der Waals surface area contributed by atoms with Gasteiger partial charge in [0.05, 0.1) is 0 Å². The van der Waals surface area contributed by atoms with Crippen LogP contribution >= 0.6 is 0 Å². The number of para-hydroxylation sites is 4. The van der Waals surface area contributed by atoms with Gasteiger partial charge in [-0.2, -0.15) is 0 Å². The van der Waals surface area contributed by atoms with E-state index in [1.54, 1.807) is 0 Å². The SMILES string of the molecule is c1ccc2oc(-c3ccc(-c4ccc5oc6ccc(-c7ccc(-c8nc9ccccc9o8)cc7)cc6c5c4)cc3)nc2c1. The van der Waals surface area contributed by atoms with E-state index in [0.29, 0.717) is 11.8 Å². The van der Waals surface area contributed by atoms with E-state index in [9.17, 15) is 0 Å². The molecule has 43 heavy (non-hydrogen) atoms. The lowest BCUT2D eigenvalue weighted by atomic mass is 9.99. The molecule has 0 N–H and O–H groups in total. The molecule has 0 amide bonds. The van der Waals surface area contributed by atoms with Gasteiger partial charge in [0.15, 0.2) is 11.2 Å². The van der Waals surface area contributed by atoms with Crippen molar-refractivity contribution in [2.75, 3.05) is 0 Å². The first-order valence-corrected chi connectivity index (χ1v) is 14.1. The lowest BCUT2D eigenvalue weighted by Gasteiger charge is -2.04. The number of fused-ring (bicyclic) bond motifs is 5. The summed E-state index contributed by atoms with van der Waals surface area (Å²) in [6.45, 7) is 0. The molecule has 0 aliphatic carbocycles. The van der Waals surface area contributed by atoms with E-state index in [-0.39, 0.29) is 0 Å². The Kier molecular flexibility index (Phi) is 5.13. The summed E-state index contributed by atoms with van der Waals surface area (Å²) in [5, 5.41) is 2.17. The smallest absolute Gasteiger partial charge is 0.227 e. The number of hydrogen-bond donors (Lipinski definition) is 0. The van der Waals surface area contributed by atoms with Crippen molar-refractivity contribution in [3.8, 4) is 45.2 Å². The van der Waals surface area contributed by atoms with Crippen LogP contribution in [0, 0.1) is 0 Å². The van der Waals surface area contributed by atoms with E-state index in [4.69, 9.17) is 13.3 Å². The molecule has 6 aromatic carbocycles. The predicted molar refractivity (Wildman–Crippen MR) is 171 cm³/mol. The second kappa shape index (κ2) is 9.29. The molecule has 0 unspecified atom stereocenters. The Balaban J connectivity index is 1.04. The molecule has 5 heteroatoms. The van der Waals surface area contributed by atoms with Gasteiger partial charge in [0.2, 0.25) is 11.8 Å². The summed E-state index contributed by atoms with van der Waals surface area (Å²) >= 11 is 0. The summed E-state index contributed by atoms with van der Waals surface area (Å²) in [4.78, 5) is 9.26. The zero-order chi connectivity index (χ0) is 28.3. The molecule has 0 spiro atoms. The number of oxazole rings is 2. The summed E-state index contributed by atoms with van der Waals surface area (Å²) in [6.07, 6.45) is 0. The Labute approximate surface area is 245 Å². The topological polar surface area (TPSA) is 65.2 Å². The highest BCUT2D eigenvalue weighted by atomic mass is 16.4. The minimum Gasteiger partial charge on any atom is -0.456 e. The van der Waals surface area contributed by atoms with Crippen LogP contribution in [0.2, 0.25) is 0 Å². The molecule has 202 valence electrons. The van der Waals surface area contributed by atoms with Crippen molar-refractivity contribution >= 4 is 44.1 Å². The van der Waals surface area contributed by atoms with E-state index in [1.807, 2.05) is 60.7 Å². The van der Waals surface area contributed by atoms with Crippen molar-refractivity contribution in [3.63, 3.8) is 0 Å². The molecule has 0 aliphatic rings. The second-order valence-electron chi connectivity index (χ2n) is 10.7. The van der Waals surface area contributed by atoms with Crippen molar-refractivity contribution in [3.05, 3.63) is 133 Å². The minimum absolute atomic E-state index is 0.624. The maximum absolute atomic E-state index is 6.20. The monoisotopic (exact) mass is 554 g/mol. The molecule has 0 radical (unpaired) electrons. The van der Waals surface area contributed by atoms with Crippen LogP contribution in [0.1, 0.15) is 0 Å². The molecule has 3 heterocycles. The number of nitrogens with zero attached hydrogens (tertiary/aromatic N) is 2. The van der Waals surface area contributed by atoms with Crippen molar-refractivity contribution in [1.29, 1.82) is 0 Å². The summed E-state index contributed by atoms with van der Waals surface area (Å²) < 4.78 is 18.1. The van der Waals surface area contributed by atoms with Gasteiger partial charge in [-0.05, 0) is 95.1 Å². The largest absolute Gasteiger partial charge is 0.456 e. The van der Waals surface area contributed by atoms with Crippen LogP contribution in [0.3, 0.4) is 0 Å². The summed E-state index contributed by atoms with van der Waals surface area (Å²) in [6, 6.07) is 45.0. The number of hydrogen-bond acceptors (Lipinski definition) is 5. The van der Waals surface area contributed by atoms with Gasteiger partial charge < -0.3 is 13.3 Å². The number of furan rings is 1. The molecule has 0 atom stereocenters. The van der Waals surface area contributed by atoms with E-state index in [0.717, 1.165) is 77.5 Å². The van der Waals surface area contributed by atoms with Crippen LogP contribution in [-0.4, -0.2) is 9.97 Å².